The predicted molar refractivity (Wildman–Crippen MR) is 108 cm³/mol. The maximum Gasteiger partial charge on any atom is 0.222 e. The Kier molecular flexibility index (Phi) is 10.8. The number of amides is 1. The first kappa shape index (κ1) is 22.3. The van der Waals surface area contributed by atoms with Crippen LogP contribution in [0.4, 0.5) is 0 Å². The Hall–Kier alpha value is -1.71. The van der Waals surface area contributed by atoms with Crippen LogP contribution in [-0.4, -0.2) is 37.6 Å². The zero-order valence-electron chi connectivity index (χ0n) is 17.3. The molecule has 1 atom stereocenters. The van der Waals surface area contributed by atoms with Crippen molar-refractivity contribution in [1.29, 1.82) is 0 Å². The van der Waals surface area contributed by atoms with Crippen LogP contribution < -0.4 is 0 Å². The summed E-state index contributed by atoms with van der Waals surface area (Å²) >= 11 is 0. The molecule has 0 radical (unpaired) electrons. The largest absolute Gasteiger partial charge is 0.497 e. The minimum Gasteiger partial charge on any atom is -0.497 e. The van der Waals surface area contributed by atoms with Gasteiger partial charge in [0.2, 0.25) is 5.91 Å². The first-order chi connectivity index (χ1) is 12.5. The maximum atomic E-state index is 12.4. The highest BCUT2D eigenvalue weighted by atomic mass is 16.5. The molecule has 4 nitrogen and oxygen atoms in total. The van der Waals surface area contributed by atoms with Crippen molar-refractivity contribution in [3.63, 3.8) is 0 Å². The molecule has 4 heteroatoms. The van der Waals surface area contributed by atoms with Crippen molar-refractivity contribution < 1.29 is 14.3 Å². The topological polar surface area (TPSA) is 38.8 Å². The van der Waals surface area contributed by atoms with Crippen molar-refractivity contribution in [1.82, 2.24) is 4.90 Å². The van der Waals surface area contributed by atoms with Gasteiger partial charge in [-0.25, -0.2) is 0 Å². The van der Waals surface area contributed by atoms with E-state index in [0.717, 1.165) is 62.3 Å². The second kappa shape index (κ2) is 12.6. The Balaban J connectivity index is 2.74. The second-order valence-corrected chi connectivity index (χ2v) is 7.00. The van der Waals surface area contributed by atoms with Gasteiger partial charge in [0.25, 0.3) is 0 Å². The van der Waals surface area contributed by atoms with Crippen LogP contribution >= 0.6 is 0 Å². The molecule has 1 aliphatic rings. The molecule has 0 aromatic rings. The van der Waals surface area contributed by atoms with Gasteiger partial charge >= 0.3 is 0 Å². The van der Waals surface area contributed by atoms with Gasteiger partial charge < -0.3 is 14.4 Å². The zero-order valence-corrected chi connectivity index (χ0v) is 17.3. The molecule has 148 valence electrons. The molecule has 1 amide bonds. The van der Waals surface area contributed by atoms with E-state index in [1.165, 1.54) is 0 Å². The monoisotopic (exact) mass is 363 g/mol. The van der Waals surface area contributed by atoms with Gasteiger partial charge in [-0.3, -0.25) is 4.79 Å². The van der Waals surface area contributed by atoms with Crippen LogP contribution in [-0.2, 0) is 14.3 Å². The molecule has 0 fully saturated rings. The molecular weight excluding hydrogens is 326 g/mol. The summed E-state index contributed by atoms with van der Waals surface area (Å²) in [6.07, 6.45) is 11.5. The number of ether oxygens (including phenoxy) is 2. The van der Waals surface area contributed by atoms with Crippen LogP contribution in [0.5, 0.6) is 0 Å². The number of methoxy groups -OCH3 is 1. The summed E-state index contributed by atoms with van der Waals surface area (Å²) in [6, 6.07) is 0. The molecule has 0 aromatic carbocycles. The van der Waals surface area contributed by atoms with Gasteiger partial charge in [0.1, 0.15) is 5.76 Å². The quantitative estimate of drug-likeness (QED) is 0.477. The average molecular weight is 364 g/mol. The molecule has 0 aromatic heterocycles. The Morgan fingerprint density at radius 1 is 1.27 bits per heavy atom. The molecule has 1 rings (SSSR count). The summed E-state index contributed by atoms with van der Waals surface area (Å²) in [5.74, 6) is 2.41. The van der Waals surface area contributed by atoms with E-state index >= 15 is 0 Å². The molecule has 26 heavy (non-hydrogen) atoms. The summed E-state index contributed by atoms with van der Waals surface area (Å²) in [5, 5.41) is 0. The van der Waals surface area contributed by atoms with E-state index in [0.29, 0.717) is 18.9 Å². The fraction of sp³-hybridized carbons (Fsp3) is 0.682. The lowest BCUT2D eigenvalue weighted by Crippen LogP contribution is -2.31. The van der Waals surface area contributed by atoms with E-state index in [2.05, 4.69) is 32.9 Å². The SMILES string of the molecule is CCCC(C)COC1=C(OC)CC=CC(CCC(=O)N(CC)CCC)=C1. The first-order valence-corrected chi connectivity index (χ1v) is 10.1. The third-order valence-corrected chi connectivity index (χ3v) is 4.63. The normalized spacial score (nSPS) is 15.3. The smallest absolute Gasteiger partial charge is 0.222 e. The fourth-order valence-electron chi connectivity index (χ4n) is 3.12. The van der Waals surface area contributed by atoms with Crippen LogP contribution in [0, 0.1) is 5.92 Å². The number of hydrogen-bond donors (Lipinski definition) is 0. The summed E-state index contributed by atoms with van der Waals surface area (Å²) in [5.41, 5.74) is 1.12. The van der Waals surface area contributed by atoms with Gasteiger partial charge in [-0.1, -0.05) is 39.3 Å². The fourth-order valence-corrected chi connectivity index (χ4v) is 3.12. The minimum absolute atomic E-state index is 0.225. The van der Waals surface area contributed by atoms with Crippen molar-refractivity contribution in [3.05, 3.63) is 35.3 Å². The highest BCUT2D eigenvalue weighted by Gasteiger charge is 2.14. The van der Waals surface area contributed by atoms with Gasteiger partial charge in [-0.2, -0.15) is 0 Å². The lowest BCUT2D eigenvalue weighted by Gasteiger charge is -2.20. The van der Waals surface area contributed by atoms with Crippen LogP contribution in [0.1, 0.15) is 66.2 Å². The standard InChI is InChI=1S/C22H37NO3/c1-6-10-18(4)17-26-21-16-19(11-9-12-20(21)25-5)13-14-22(24)23(8-3)15-7-2/h9,11,16,18H,6-8,10,12-15,17H2,1-5H3. The Labute approximate surface area is 159 Å². The van der Waals surface area contributed by atoms with Gasteiger partial charge in [0, 0.05) is 25.9 Å². The van der Waals surface area contributed by atoms with Crippen LogP contribution in [0.25, 0.3) is 0 Å². The van der Waals surface area contributed by atoms with Crippen molar-refractivity contribution >= 4 is 5.91 Å². The molecule has 0 heterocycles. The number of hydrogen-bond acceptors (Lipinski definition) is 3. The van der Waals surface area contributed by atoms with E-state index in [4.69, 9.17) is 9.47 Å². The summed E-state index contributed by atoms with van der Waals surface area (Å²) in [6.45, 7) is 10.8. The van der Waals surface area contributed by atoms with E-state index in [1.807, 2.05) is 17.9 Å². The van der Waals surface area contributed by atoms with Gasteiger partial charge in [-0.05, 0) is 43.8 Å². The summed E-state index contributed by atoms with van der Waals surface area (Å²) in [7, 11) is 1.69. The second-order valence-electron chi connectivity index (χ2n) is 7.00. The van der Waals surface area contributed by atoms with Crippen molar-refractivity contribution in [2.75, 3.05) is 26.8 Å². The van der Waals surface area contributed by atoms with Gasteiger partial charge in [-0.15, -0.1) is 0 Å². The molecular formula is C22H37NO3. The Bertz CT molecular complexity index is 519. The number of rotatable bonds is 12. The number of carbonyl (C=O) groups excluding carboxylic acids is 1. The van der Waals surface area contributed by atoms with E-state index in [-0.39, 0.29) is 5.91 Å². The molecule has 0 saturated carbocycles. The summed E-state index contributed by atoms with van der Waals surface area (Å²) < 4.78 is 11.6. The lowest BCUT2D eigenvalue weighted by molar-refractivity contribution is -0.131. The molecule has 1 aliphatic carbocycles. The Morgan fingerprint density at radius 2 is 2.04 bits per heavy atom. The van der Waals surface area contributed by atoms with Gasteiger partial charge in [0.05, 0.1) is 13.7 Å². The molecule has 0 aliphatic heterocycles. The predicted octanol–water partition coefficient (Wildman–Crippen LogP) is 5.22. The highest BCUT2D eigenvalue weighted by molar-refractivity contribution is 5.76. The van der Waals surface area contributed by atoms with Crippen molar-refractivity contribution in [3.8, 4) is 0 Å². The number of allylic oxidation sites excluding steroid dienone is 4. The molecule has 0 saturated heterocycles. The van der Waals surface area contributed by atoms with Crippen LogP contribution in [0.2, 0.25) is 0 Å². The summed E-state index contributed by atoms with van der Waals surface area (Å²) in [4.78, 5) is 14.3. The van der Waals surface area contributed by atoms with Crippen molar-refractivity contribution in [2.24, 2.45) is 5.92 Å². The number of carbonyl (C=O) groups is 1. The van der Waals surface area contributed by atoms with E-state index in [9.17, 15) is 4.79 Å². The van der Waals surface area contributed by atoms with Crippen LogP contribution in [0.3, 0.4) is 0 Å². The number of nitrogens with zero attached hydrogens (tertiary/aromatic N) is 1. The highest BCUT2D eigenvalue weighted by Crippen LogP contribution is 2.23. The third-order valence-electron chi connectivity index (χ3n) is 4.63. The lowest BCUT2D eigenvalue weighted by atomic mass is 10.1. The van der Waals surface area contributed by atoms with E-state index in [1.54, 1.807) is 7.11 Å². The molecule has 0 bridgehead atoms. The van der Waals surface area contributed by atoms with E-state index < -0.39 is 0 Å². The van der Waals surface area contributed by atoms with Crippen LogP contribution in [0.15, 0.2) is 35.3 Å². The van der Waals surface area contributed by atoms with Gasteiger partial charge in [0.15, 0.2) is 5.76 Å². The Morgan fingerprint density at radius 3 is 2.65 bits per heavy atom. The maximum absolute atomic E-state index is 12.4. The molecule has 1 unspecified atom stereocenters. The molecule has 0 spiro atoms. The first-order valence-electron chi connectivity index (χ1n) is 10.1. The van der Waals surface area contributed by atoms with Crippen molar-refractivity contribution in [2.45, 2.75) is 66.2 Å². The minimum atomic E-state index is 0.225. The third kappa shape index (κ3) is 7.67. The molecule has 0 N–H and O–H groups in total. The zero-order chi connectivity index (χ0) is 19.4. The average Bonchev–Trinajstić information content (AvgIpc) is 2.84.